The molecule has 0 radical (unpaired) electrons. The van der Waals surface area contributed by atoms with Gasteiger partial charge in [-0.05, 0) is 43.4 Å². The molecule has 1 fully saturated rings. The molecule has 1 aromatic carbocycles. The Kier molecular flexibility index (Phi) is 5.16. The summed E-state index contributed by atoms with van der Waals surface area (Å²) in [6, 6.07) is 9.00. The Labute approximate surface area is 133 Å². The number of hydrogen-bond acceptors (Lipinski definition) is 2. The Hall–Kier alpha value is -1.32. The number of benzene rings is 1. The van der Waals surface area contributed by atoms with Crippen LogP contribution in [0.3, 0.4) is 0 Å². The van der Waals surface area contributed by atoms with Crippen LogP contribution >= 0.6 is 0 Å². The van der Waals surface area contributed by atoms with Gasteiger partial charge < -0.3 is 15.6 Å². The second kappa shape index (κ2) is 7.30. The van der Waals surface area contributed by atoms with Crippen molar-refractivity contribution < 1.29 is 0 Å². The van der Waals surface area contributed by atoms with E-state index in [1.54, 1.807) is 0 Å². The molecule has 0 spiro atoms. The van der Waals surface area contributed by atoms with E-state index in [9.17, 15) is 0 Å². The Morgan fingerprint density at radius 2 is 2.18 bits per heavy atom. The monoisotopic (exact) mass is 299 g/mol. The van der Waals surface area contributed by atoms with E-state index in [1.165, 1.54) is 42.3 Å². The summed E-state index contributed by atoms with van der Waals surface area (Å²) in [5.41, 5.74) is 9.00. The molecule has 1 aliphatic rings. The van der Waals surface area contributed by atoms with Gasteiger partial charge in [-0.2, -0.15) is 0 Å². The highest BCUT2D eigenvalue weighted by atomic mass is 15.1. The minimum atomic E-state index is 0.413. The predicted octanol–water partition coefficient (Wildman–Crippen LogP) is 3.55. The SMILES string of the molecule is CCCC[C@@H]1CN(CCc2c[nH]c3ccccc23)CC[C@@H]1N. The zero-order valence-corrected chi connectivity index (χ0v) is 13.7. The molecule has 1 saturated heterocycles. The van der Waals surface area contributed by atoms with Gasteiger partial charge in [0.05, 0.1) is 0 Å². The van der Waals surface area contributed by atoms with Gasteiger partial charge in [0.15, 0.2) is 0 Å². The maximum Gasteiger partial charge on any atom is 0.0456 e. The van der Waals surface area contributed by atoms with Crippen LogP contribution in [0.1, 0.15) is 38.2 Å². The summed E-state index contributed by atoms with van der Waals surface area (Å²) in [5, 5.41) is 1.37. The van der Waals surface area contributed by atoms with Crippen molar-refractivity contribution in [2.75, 3.05) is 19.6 Å². The van der Waals surface area contributed by atoms with Crippen molar-refractivity contribution in [2.24, 2.45) is 11.7 Å². The standard InChI is InChI=1S/C19H29N3/c1-2-3-6-16-14-22(12-10-18(16)20)11-9-15-13-21-19-8-5-4-7-17(15)19/h4-5,7-8,13,16,18,21H,2-3,6,9-12,14,20H2,1H3/t16-,18+/m1/s1. The fraction of sp³-hybridized carbons (Fsp3) is 0.579. The van der Waals surface area contributed by atoms with E-state index in [-0.39, 0.29) is 0 Å². The molecular formula is C19H29N3. The van der Waals surface area contributed by atoms with Crippen molar-refractivity contribution in [3.63, 3.8) is 0 Å². The average Bonchev–Trinajstić information content (AvgIpc) is 2.96. The molecule has 3 heteroatoms. The number of para-hydroxylation sites is 1. The van der Waals surface area contributed by atoms with Crippen molar-refractivity contribution in [2.45, 2.75) is 45.1 Å². The van der Waals surface area contributed by atoms with Crippen LogP contribution in [0.5, 0.6) is 0 Å². The summed E-state index contributed by atoms with van der Waals surface area (Å²) >= 11 is 0. The molecular weight excluding hydrogens is 270 g/mol. The van der Waals surface area contributed by atoms with Crippen molar-refractivity contribution in [3.8, 4) is 0 Å². The Morgan fingerprint density at radius 1 is 1.32 bits per heavy atom. The zero-order valence-electron chi connectivity index (χ0n) is 13.7. The first-order valence-corrected chi connectivity index (χ1v) is 8.81. The van der Waals surface area contributed by atoms with Crippen LogP contribution in [0.4, 0.5) is 0 Å². The number of unbranched alkanes of at least 4 members (excludes halogenated alkanes) is 1. The number of nitrogens with one attached hydrogen (secondary N) is 1. The molecule has 3 rings (SSSR count). The summed E-state index contributed by atoms with van der Waals surface area (Å²) < 4.78 is 0. The zero-order chi connectivity index (χ0) is 15.4. The first kappa shape index (κ1) is 15.6. The van der Waals surface area contributed by atoms with Crippen LogP contribution in [-0.2, 0) is 6.42 Å². The van der Waals surface area contributed by atoms with Gasteiger partial charge in [-0.1, -0.05) is 38.0 Å². The lowest BCUT2D eigenvalue weighted by Crippen LogP contribution is -2.47. The van der Waals surface area contributed by atoms with Crippen LogP contribution in [0.15, 0.2) is 30.5 Å². The van der Waals surface area contributed by atoms with E-state index < -0.39 is 0 Å². The second-order valence-electron chi connectivity index (χ2n) is 6.76. The maximum atomic E-state index is 6.32. The summed E-state index contributed by atoms with van der Waals surface area (Å²) in [5.74, 6) is 0.691. The van der Waals surface area contributed by atoms with E-state index in [0.29, 0.717) is 12.0 Å². The molecule has 1 aliphatic heterocycles. The number of likely N-dealkylation sites (tertiary alicyclic amines) is 1. The topological polar surface area (TPSA) is 45.0 Å². The molecule has 0 amide bonds. The van der Waals surface area contributed by atoms with E-state index in [4.69, 9.17) is 5.73 Å². The highest BCUT2D eigenvalue weighted by Crippen LogP contribution is 2.23. The van der Waals surface area contributed by atoms with E-state index in [1.807, 2.05) is 0 Å². The number of aromatic nitrogens is 1. The van der Waals surface area contributed by atoms with Gasteiger partial charge in [0.25, 0.3) is 0 Å². The van der Waals surface area contributed by atoms with Crippen LogP contribution in [0, 0.1) is 5.92 Å². The van der Waals surface area contributed by atoms with Gasteiger partial charge in [0.1, 0.15) is 0 Å². The van der Waals surface area contributed by atoms with Crippen molar-refractivity contribution in [1.82, 2.24) is 9.88 Å². The molecule has 120 valence electrons. The lowest BCUT2D eigenvalue weighted by atomic mass is 9.88. The third-order valence-corrected chi connectivity index (χ3v) is 5.18. The summed E-state index contributed by atoms with van der Waals surface area (Å²) in [6.45, 7) is 5.76. The Morgan fingerprint density at radius 3 is 3.05 bits per heavy atom. The largest absolute Gasteiger partial charge is 0.361 e. The lowest BCUT2D eigenvalue weighted by Gasteiger charge is -2.37. The summed E-state index contributed by atoms with van der Waals surface area (Å²) in [4.78, 5) is 6.00. The fourth-order valence-electron chi connectivity index (χ4n) is 3.72. The van der Waals surface area contributed by atoms with Crippen LogP contribution in [-0.4, -0.2) is 35.6 Å². The molecule has 0 saturated carbocycles. The Bertz CT molecular complexity index is 589. The van der Waals surface area contributed by atoms with Gasteiger partial charge in [0, 0.05) is 36.2 Å². The number of nitrogens with two attached hydrogens (primary N) is 1. The van der Waals surface area contributed by atoms with E-state index in [2.05, 4.69) is 47.3 Å². The first-order chi connectivity index (χ1) is 10.8. The maximum absolute atomic E-state index is 6.32. The van der Waals surface area contributed by atoms with Crippen LogP contribution in [0.25, 0.3) is 10.9 Å². The quantitative estimate of drug-likeness (QED) is 0.857. The number of nitrogens with zero attached hydrogens (tertiary/aromatic N) is 1. The molecule has 0 aliphatic carbocycles. The van der Waals surface area contributed by atoms with Gasteiger partial charge in [-0.3, -0.25) is 0 Å². The first-order valence-electron chi connectivity index (χ1n) is 8.81. The number of hydrogen-bond donors (Lipinski definition) is 2. The Balaban J connectivity index is 1.57. The average molecular weight is 299 g/mol. The number of aromatic amines is 1. The summed E-state index contributed by atoms with van der Waals surface area (Å²) in [6.07, 6.45) is 8.34. The van der Waals surface area contributed by atoms with Crippen LogP contribution in [0.2, 0.25) is 0 Å². The minimum absolute atomic E-state index is 0.413. The van der Waals surface area contributed by atoms with E-state index >= 15 is 0 Å². The van der Waals surface area contributed by atoms with Gasteiger partial charge in [0.2, 0.25) is 0 Å². The number of rotatable bonds is 6. The highest BCUT2D eigenvalue weighted by molar-refractivity contribution is 5.83. The number of fused-ring (bicyclic) bond motifs is 1. The highest BCUT2D eigenvalue weighted by Gasteiger charge is 2.25. The second-order valence-corrected chi connectivity index (χ2v) is 6.76. The molecule has 2 aromatic rings. The molecule has 2 atom stereocenters. The van der Waals surface area contributed by atoms with Gasteiger partial charge >= 0.3 is 0 Å². The lowest BCUT2D eigenvalue weighted by molar-refractivity contribution is 0.148. The molecule has 3 nitrogen and oxygen atoms in total. The van der Waals surface area contributed by atoms with Crippen molar-refractivity contribution in [1.29, 1.82) is 0 Å². The van der Waals surface area contributed by atoms with Crippen LogP contribution < -0.4 is 5.73 Å². The molecule has 1 aromatic heterocycles. The molecule has 2 heterocycles. The smallest absolute Gasteiger partial charge is 0.0456 e. The third-order valence-electron chi connectivity index (χ3n) is 5.18. The summed E-state index contributed by atoms with van der Waals surface area (Å²) in [7, 11) is 0. The molecule has 3 N–H and O–H groups in total. The third kappa shape index (κ3) is 3.53. The normalized spacial score (nSPS) is 23.2. The predicted molar refractivity (Wildman–Crippen MR) is 94.1 cm³/mol. The molecule has 22 heavy (non-hydrogen) atoms. The van der Waals surface area contributed by atoms with E-state index in [0.717, 1.165) is 25.9 Å². The molecule has 0 bridgehead atoms. The van der Waals surface area contributed by atoms with Crippen molar-refractivity contribution in [3.05, 3.63) is 36.0 Å². The number of H-pyrrole nitrogens is 1. The fourth-order valence-corrected chi connectivity index (χ4v) is 3.72. The van der Waals surface area contributed by atoms with Gasteiger partial charge in [-0.15, -0.1) is 0 Å². The van der Waals surface area contributed by atoms with Gasteiger partial charge in [-0.25, -0.2) is 0 Å². The minimum Gasteiger partial charge on any atom is -0.361 e. The number of piperidine rings is 1. The van der Waals surface area contributed by atoms with Crippen molar-refractivity contribution >= 4 is 10.9 Å². The molecule has 0 unspecified atom stereocenters.